The Morgan fingerprint density at radius 2 is 1.73 bits per heavy atom. The lowest BCUT2D eigenvalue weighted by molar-refractivity contribution is -0.228. The van der Waals surface area contributed by atoms with Gasteiger partial charge in [0.15, 0.2) is 5.78 Å². The van der Waals surface area contributed by atoms with E-state index in [4.69, 9.17) is 0 Å². The number of amides is 1. The highest BCUT2D eigenvalue weighted by molar-refractivity contribution is 6.06. The highest BCUT2D eigenvalue weighted by atomic mass is 16.3. The molecule has 1 aromatic heterocycles. The van der Waals surface area contributed by atoms with E-state index in [0.717, 1.165) is 62.6 Å². The van der Waals surface area contributed by atoms with E-state index in [1.165, 1.54) is 5.57 Å². The molecule has 41 heavy (non-hydrogen) atoms. The Balaban J connectivity index is 1.38. The Hall–Kier alpha value is -2.01. The molecule has 1 heterocycles. The van der Waals surface area contributed by atoms with Crippen LogP contribution in [0.3, 0.4) is 0 Å². The molecule has 4 fully saturated rings. The minimum absolute atomic E-state index is 0.0233. The lowest BCUT2D eigenvalue weighted by Gasteiger charge is -2.72. The predicted octanol–water partition coefficient (Wildman–Crippen LogP) is 7.04. The van der Waals surface area contributed by atoms with Crippen LogP contribution < -0.4 is 5.32 Å². The van der Waals surface area contributed by atoms with Crippen LogP contribution in [0.4, 0.5) is 0 Å². The first kappa shape index (κ1) is 29.1. The van der Waals surface area contributed by atoms with Crippen LogP contribution in [-0.2, 0) is 16.1 Å². The van der Waals surface area contributed by atoms with E-state index < -0.39 is 5.41 Å². The summed E-state index contributed by atoms with van der Waals surface area (Å²) in [4.78, 5) is 32.4. The molecule has 0 aromatic carbocycles. The van der Waals surface area contributed by atoms with Gasteiger partial charge in [0.2, 0.25) is 5.91 Å². The summed E-state index contributed by atoms with van der Waals surface area (Å²) in [6, 6.07) is 5.78. The maximum atomic E-state index is 14.2. The zero-order valence-corrected chi connectivity index (χ0v) is 26.5. The van der Waals surface area contributed by atoms with E-state index >= 15 is 0 Å². The molecule has 224 valence electrons. The third kappa shape index (κ3) is 3.85. The minimum Gasteiger partial charge on any atom is -0.393 e. The van der Waals surface area contributed by atoms with E-state index in [1.807, 2.05) is 18.2 Å². The van der Waals surface area contributed by atoms with E-state index in [1.54, 1.807) is 6.20 Å². The number of nitrogens with zero attached hydrogens (tertiary/aromatic N) is 1. The van der Waals surface area contributed by atoms with Gasteiger partial charge < -0.3 is 10.4 Å². The molecule has 5 aliphatic rings. The van der Waals surface area contributed by atoms with Crippen molar-refractivity contribution in [3.05, 3.63) is 41.2 Å². The molecule has 5 aliphatic carbocycles. The third-order valence-electron chi connectivity index (χ3n) is 14.0. The number of pyridine rings is 1. The Bertz CT molecular complexity index is 1270. The number of Topliss-reactive ketones (excluding diaryl/α,β-unsaturated/α-hetero) is 1. The summed E-state index contributed by atoms with van der Waals surface area (Å²) in [5.74, 6) is 1.70. The number of carbonyl (C=O) groups excluding carboxylic acids is 2. The summed E-state index contributed by atoms with van der Waals surface area (Å²) < 4.78 is 0. The number of hydrogen-bond acceptors (Lipinski definition) is 4. The number of nitrogens with one attached hydrogen (secondary N) is 1. The lowest BCUT2D eigenvalue weighted by Crippen LogP contribution is -2.66. The predicted molar refractivity (Wildman–Crippen MR) is 162 cm³/mol. The molecule has 3 unspecified atom stereocenters. The van der Waals surface area contributed by atoms with Crippen LogP contribution in [0.2, 0.25) is 0 Å². The molecule has 0 aliphatic heterocycles. The smallest absolute Gasteiger partial charge is 0.231 e. The molecule has 8 atom stereocenters. The summed E-state index contributed by atoms with van der Waals surface area (Å²) in [5, 5.41) is 14.2. The first-order valence-corrected chi connectivity index (χ1v) is 16.4. The van der Waals surface area contributed by atoms with Crippen LogP contribution in [0.5, 0.6) is 0 Å². The quantitative estimate of drug-likeness (QED) is 0.414. The second-order valence-electron chi connectivity index (χ2n) is 16.2. The first-order chi connectivity index (χ1) is 19.2. The van der Waals surface area contributed by atoms with Gasteiger partial charge in [0, 0.05) is 12.6 Å². The van der Waals surface area contributed by atoms with Crippen molar-refractivity contribution >= 4 is 11.7 Å². The SMILES string of the molecule is CC(C)C1=C2C3CCC4[C@@]5(C)CC[C@H](O)C(C)(C)C5CC[C@@]4(C)[C@]3(C)CC[C@@]2(C(=O)NCc2ccccn2)CC1=O. The van der Waals surface area contributed by atoms with E-state index in [0.29, 0.717) is 24.8 Å². The average Bonchev–Trinajstić information content (AvgIpc) is 3.24. The number of aromatic nitrogens is 1. The van der Waals surface area contributed by atoms with Crippen LogP contribution in [0.1, 0.15) is 112 Å². The maximum absolute atomic E-state index is 14.2. The molecular formula is C36H52N2O3. The second-order valence-corrected chi connectivity index (χ2v) is 16.2. The van der Waals surface area contributed by atoms with Gasteiger partial charge >= 0.3 is 0 Å². The minimum atomic E-state index is -0.725. The molecule has 6 rings (SSSR count). The monoisotopic (exact) mass is 560 g/mol. The Labute approximate surface area is 247 Å². The van der Waals surface area contributed by atoms with Gasteiger partial charge in [0.25, 0.3) is 0 Å². The lowest BCUT2D eigenvalue weighted by atomic mass is 9.33. The van der Waals surface area contributed by atoms with Gasteiger partial charge in [-0.2, -0.15) is 0 Å². The van der Waals surface area contributed by atoms with Gasteiger partial charge in [-0.15, -0.1) is 0 Å². The molecule has 0 spiro atoms. The molecular weight excluding hydrogens is 508 g/mol. The zero-order valence-electron chi connectivity index (χ0n) is 26.5. The molecule has 0 saturated heterocycles. The molecule has 0 bridgehead atoms. The summed E-state index contributed by atoms with van der Waals surface area (Å²) >= 11 is 0. The standard InChI is InChI=1S/C36H52N2O3/c1-22(2)29-25(39)20-36(31(41)38-21-23-10-8-9-19-37-23)18-17-34(6)24(30(29)36)11-12-27-33(5)15-14-28(40)32(3,4)26(33)13-16-35(27,34)7/h8-10,19,22,24,26-28,40H,11-18,20-21H2,1-7H3,(H,38,41)/t24?,26?,27?,28-,33-,34+,35+,36+/m0/s1. The largest absolute Gasteiger partial charge is 0.393 e. The molecule has 5 heteroatoms. The molecule has 1 amide bonds. The van der Waals surface area contributed by atoms with Gasteiger partial charge in [-0.3, -0.25) is 14.6 Å². The van der Waals surface area contributed by atoms with Gasteiger partial charge in [-0.25, -0.2) is 0 Å². The molecule has 2 N–H and O–H groups in total. The highest BCUT2D eigenvalue weighted by Crippen LogP contribution is 2.76. The molecule has 1 aromatic rings. The van der Waals surface area contributed by atoms with Crippen LogP contribution in [0.15, 0.2) is 35.5 Å². The highest BCUT2D eigenvalue weighted by Gasteiger charge is 2.70. The van der Waals surface area contributed by atoms with Crippen molar-refractivity contribution in [1.29, 1.82) is 0 Å². The van der Waals surface area contributed by atoms with Crippen molar-refractivity contribution in [2.75, 3.05) is 0 Å². The average molecular weight is 561 g/mol. The zero-order chi connectivity index (χ0) is 29.6. The van der Waals surface area contributed by atoms with E-state index in [2.05, 4.69) is 58.8 Å². The molecule has 4 saturated carbocycles. The first-order valence-electron chi connectivity index (χ1n) is 16.4. The van der Waals surface area contributed by atoms with Gasteiger partial charge in [0.1, 0.15) is 0 Å². The Kier molecular flexibility index (Phi) is 6.73. The van der Waals surface area contributed by atoms with Crippen LogP contribution >= 0.6 is 0 Å². The number of hydrogen-bond donors (Lipinski definition) is 2. The fourth-order valence-electron chi connectivity index (χ4n) is 11.7. The number of aliphatic hydroxyl groups excluding tert-OH is 1. The Morgan fingerprint density at radius 3 is 2.41 bits per heavy atom. The van der Waals surface area contributed by atoms with Gasteiger partial charge in [-0.1, -0.05) is 54.5 Å². The summed E-state index contributed by atoms with van der Waals surface area (Å²) in [6.45, 7) is 16.9. The number of allylic oxidation sites excluding steroid dienone is 1. The fourth-order valence-corrected chi connectivity index (χ4v) is 11.7. The van der Waals surface area contributed by atoms with Crippen molar-refractivity contribution in [1.82, 2.24) is 10.3 Å². The van der Waals surface area contributed by atoms with Crippen LogP contribution in [0, 0.1) is 50.7 Å². The van der Waals surface area contributed by atoms with Crippen molar-refractivity contribution in [3.63, 3.8) is 0 Å². The maximum Gasteiger partial charge on any atom is 0.231 e. The van der Waals surface area contributed by atoms with Crippen molar-refractivity contribution in [2.24, 2.45) is 50.7 Å². The normalized spacial score (nSPS) is 43.2. The number of fused-ring (bicyclic) bond motifs is 7. The van der Waals surface area contributed by atoms with Crippen LogP contribution in [0.25, 0.3) is 0 Å². The summed E-state index contributed by atoms with van der Waals surface area (Å²) in [6.07, 6.45) is 10.1. The number of aliphatic hydroxyl groups is 1. The van der Waals surface area contributed by atoms with Crippen molar-refractivity contribution < 1.29 is 14.7 Å². The number of carbonyl (C=O) groups is 2. The van der Waals surface area contributed by atoms with Crippen molar-refractivity contribution in [2.45, 2.75) is 119 Å². The topological polar surface area (TPSA) is 79.3 Å². The summed E-state index contributed by atoms with van der Waals surface area (Å²) in [7, 11) is 0. The fraction of sp³-hybridized carbons (Fsp3) is 0.750. The third-order valence-corrected chi connectivity index (χ3v) is 14.0. The molecule has 0 radical (unpaired) electrons. The van der Waals surface area contributed by atoms with Crippen LogP contribution in [-0.4, -0.2) is 27.9 Å². The number of rotatable bonds is 4. The van der Waals surface area contributed by atoms with Gasteiger partial charge in [0.05, 0.1) is 23.8 Å². The Morgan fingerprint density at radius 1 is 0.976 bits per heavy atom. The van der Waals surface area contributed by atoms with E-state index in [-0.39, 0.29) is 51.3 Å². The molecule has 5 nitrogen and oxygen atoms in total. The summed E-state index contributed by atoms with van der Waals surface area (Å²) in [5.41, 5.74) is 2.59. The van der Waals surface area contributed by atoms with Gasteiger partial charge in [-0.05, 0) is 120 Å². The second kappa shape index (κ2) is 9.49. The number of ketones is 1. The van der Waals surface area contributed by atoms with E-state index in [9.17, 15) is 14.7 Å². The van der Waals surface area contributed by atoms with Crippen molar-refractivity contribution in [3.8, 4) is 0 Å².